The zero-order valence-corrected chi connectivity index (χ0v) is 19.4. The smallest absolute Gasteiger partial charge is 0.252 e. The van der Waals surface area contributed by atoms with E-state index >= 15 is 0 Å². The van der Waals surface area contributed by atoms with Gasteiger partial charge in [-0.25, -0.2) is 4.39 Å². The summed E-state index contributed by atoms with van der Waals surface area (Å²) in [5, 5.41) is 3.44. The maximum atomic E-state index is 13.8. The molecule has 1 N–H and O–H groups in total. The number of rotatable bonds is 7. The molecule has 3 aromatic rings. The van der Waals surface area contributed by atoms with E-state index in [1.165, 1.54) is 6.07 Å². The van der Waals surface area contributed by atoms with E-state index in [4.69, 9.17) is 21.1 Å². The molecule has 4 rings (SSSR count). The van der Waals surface area contributed by atoms with Gasteiger partial charge in [0.05, 0.1) is 30.8 Å². The van der Waals surface area contributed by atoms with Gasteiger partial charge in [-0.15, -0.1) is 0 Å². The van der Waals surface area contributed by atoms with Crippen LogP contribution in [-0.4, -0.2) is 38.1 Å². The highest BCUT2D eigenvalue weighted by atomic mass is 35.5. The fraction of sp³-hybridized carbons (Fsp3) is 0.269. The zero-order valence-electron chi connectivity index (χ0n) is 18.6. The number of carbonyl (C=O) groups excluding carboxylic acids is 1. The number of hydrogen-bond donors (Lipinski definition) is 1. The Bertz CT molecular complexity index is 1150. The highest BCUT2D eigenvalue weighted by Gasteiger charge is 2.30. The van der Waals surface area contributed by atoms with Gasteiger partial charge >= 0.3 is 0 Å². The van der Waals surface area contributed by atoms with Crippen LogP contribution in [0.2, 0.25) is 5.02 Å². The Balaban J connectivity index is 1.64. The molecule has 1 amide bonds. The predicted octanol–water partition coefficient (Wildman–Crippen LogP) is 5.03. The lowest BCUT2D eigenvalue weighted by Gasteiger charge is -2.38. The Morgan fingerprint density at radius 1 is 1.09 bits per heavy atom. The van der Waals surface area contributed by atoms with Crippen molar-refractivity contribution < 1.29 is 18.7 Å². The normalized spacial score (nSPS) is 15.6. The van der Waals surface area contributed by atoms with Crippen molar-refractivity contribution in [2.75, 3.05) is 27.3 Å². The minimum Gasteiger partial charge on any atom is -0.493 e. The molecule has 1 heterocycles. The van der Waals surface area contributed by atoms with Crippen molar-refractivity contribution in [3.8, 4) is 11.5 Å². The molecule has 0 saturated carbocycles. The van der Waals surface area contributed by atoms with E-state index in [0.29, 0.717) is 35.2 Å². The van der Waals surface area contributed by atoms with Crippen LogP contribution in [0.15, 0.2) is 60.7 Å². The molecule has 1 aliphatic heterocycles. The number of fused-ring (bicyclic) bond motifs is 1. The molecule has 5 nitrogen and oxygen atoms in total. The lowest BCUT2D eigenvalue weighted by atomic mass is 9.91. The number of nitrogens with zero attached hydrogens (tertiary/aromatic N) is 1. The van der Waals surface area contributed by atoms with E-state index in [1.807, 2.05) is 18.2 Å². The molecule has 0 bridgehead atoms. The van der Waals surface area contributed by atoms with Gasteiger partial charge in [-0.2, -0.15) is 0 Å². The molecular formula is C26H26ClFN2O3. The SMILES string of the molecule is COc1cc2c(cc1OC)[C@H](CNC(=O)c1ccccc1Cl)N(Cc1cccc(F)c1)CC2. The third-order valence-electron chi connectivity index (χ3n) is 5.96. The molecule has 0 spiro atoms. The minimum absolute atomic E-state index is 0.136. The first-order valence-electron chi connectivity index (χ1n) is 10.8. The third-order valence-corrected chi connectivity index (χ3v) is 6.29. The average molecular weight is 469 g/mol. The Hall–Kier alpha value is -3.09. The molecule has 1 atom stereocenters. The number of nitrogens with one attached hydrogen (secondary N) is 1. The van der Waals surface area contributed by atoms with E-state index < -0.39 is 0 Å². The number of methoxy groups -OCH3 is 2. The Morgan fingerprint density at radius 2 is 1.85 bits per heavy atom. The third kappa shape index (κ3) is 5.13. The van der Waals surface area contributed by atoms with Gasteiger partial charge in [-0.1, -0.05) is 35.9 Å². The molecule has 172 valence electrons. The summed E-state index contributed by atoms with van der Waals surface area (Å²) in [6.45, 7) is 1.67. The van der Waals surface area contributed by atoms with Crippen LogP contribution in [0.4, 0.5) is 4.39 Å². The van der Waals surface area contributed by atoms with Crippen LogP contribution < -0.4 is 14.8 Å². The molecule has 0 saturated heterocycles. The van der Waals surface area contributed by atoms with Crippen LogP contribution in [0, 0.1) is 5.82 Å². The Labute approximate surface area is 198 Å². The number of amides is 1. The van der Waals surface area contributed by atoms with Crippen molar-refractivity contribution >= 4 is 17.5 Å². The molecular weight excluding hydrogens is 443 g/mol. The second-order valence-electron chi connectivity index (χ2n) is 7.96. The van der Waals surface area contributed by atoms with E-state index in [0.717, 1.165) is 29.7 Å². The molecule has 1 aliphatic rings. The van der Waals surface area contributed by atoms with Crippen LogP contribution in [0.5, 0.6) is 11.5 Å². The zero-order chi connectivity index (χ0) is 23.4. The summed E-state index contributed by atoms with van der Waals surface area (Å²) in [4.78, 5) is 15.1. The highest BCUT2D eigenvalue weighted by molar-refractivity contribution is 6.33. The summed E-state index contributed by atoms with van der Waals surface area (Å²) < 4.78 is 24.8. The van der Waals surface area contributed by atoms with Crippen molar-refractivity contribution in [3.05, 3.63) is 93.8 Å². The van der Waals surface area contributed by atoms with E-state index in [1.54, 1.807) is 50.6 Å². The summed E-state index contributed by atoms with van der Waals surface area (Å²) >= 11 is 6.21. The van der Waals surface area contributed by atoms with Gasteiger partial charge in [-0.05, 0) is 59.5 Å². The fourth-order valence-electron chi connectivity index (χ4n) is 4.31. The van der Waals surface area contributed by atoms with Gasteiger partial charge in [0, 0.05) is 19.6 Å². The monoisotopic (exact) mass is 468 g/mol. The van der Waals surface area contributed by atoms with Crippen LogP contribution in [-0.2, 0) is 13.0 Å². The van der Waals surface area contributed by atoms with Gasteiger partial charge in [-0.3, -0.25) is 9.69 Å². The minimum atomic E-state index is -0.264. The first kappa shape index (κ1) is 23.1. The van der Waals surface area contributed by atoms with E-state index in [2.05, 4.69) is 10.2 Å². The maximum absolute atomic E-state index is 13.8. The topological polar surface area (TPSA) is 50.8 Å². The number of ether oxygens (including phenoxy) is 2. The Morgan fingerprint density at radius 3 is 2.58 bits per heavy atom. The van der Waals surface area contributed by atoms with Crippen LogP contribution >= 0.6 is 11.6 Å². The number of halogens is 2. The van der Waals surface area contributed by atoms with Crippen molar-refractivity contribution in [1.82, 2.24) is 10.2 Å². The van der Waals surface area contributed by atoms with Gasteiger partial charge in [0.25, 0.3) is 5.91 Å². The predicted molar refractivity (Wildman–Crippen MR) is 127 cm³/mol. The molecule has 0 radical (unpaired) electrons. The van der Waals surface area contributed by atoms with Gasteiger partial charge in [0.2, 0.25) is 0 Å². The van der Waals surface area contributed by atoms with E-state index in [-0.39, 0.29) is 17.8 Å². The summed E-state index contributed by atoms with van der Waals surface area (Å²) in [6.07, 6.45) is 0.806. The van der Waals surface area contributed by atoms with Crippen LogP contribution in [0.3, 0.4) is 0 Å². The van der Waals surface area contributed by atoms with E-state index in [9.17, 15) is 9.18 Å². The molecule has 3 aromatic carbocycles. The number of hydrogen-bond acceptors (Lipinski definition) is 4. The quantitative estimate of drug-likeness (QED) is 0.528. The molecule has 33 heavy (non-hydrogen) atoms. The van der Waals surface area contributed by atoms with Gasteiger partial charge in [0.1, 0.15) is 5.82 Å². The standard InChI is InChI=1S/C26H26ClFN2O3/c1-32-24-13-18-10-11-30(16-17-6-5-7-19(28)12-17)23(21(18)14-25(24)33-2)15-29-26(31)20-8-3-4-9-22(20)27/h3-9,12-14,23H,10-11,15-16H2,1-2H3,(H,29,31)/t23-/m0/s1. The molecule has 0 aromatic heterocycles. The second-order valence-corrected chi connectivity index (χ2v) is 8.37. The van der Waals surface area contributed by atoms with Gasteiger partial charge in [0.15, 0.2) is 11.5 Å². The number of benzene rings is 3. The van der Waals surface area contributed by atoms with Crippen LogP contribution in [0.1, 0.15) is 33.1 Å². The second kappa shape index (κ2) is 10.2. The number of carbonyl (C=O) groups is 1. The Kier molecular flexibility index (Phi) is 7.16. The molecule has 0 fully saturated rings. The van der Waals surface area contributed by atoms with Crippen LogP contribution in [0.25, 0.3) is 0 Å². The molecule has 7 heteroatoms. The lowest BCUT2D eigenvalue weighted by molar-refractivity contribution is 0.0926. The molecule has 0 aliphatic carbocycles. The van der Waals surface area contributed by atoms with Crippen molar-refractivity contribution in [1.29, 1.82) is 0 Å². The van der Waals surface area contributed by atoms with Crippen molar-refractivity contribution in [2.24, 2.45) is 0 Å². The fourth-order valence-corrected chi connectivity index (χ4v) is 4.53. The van der Waals surface area contributed by atoms with Gasteiger partial charge < -0.3 is 14.8 Å². The first-order chi connectivity index (χ1) is 16.0. The lowest BCUT2D eigenvalue weighted by Crippen LogP contribution is -2.41. The largest absolute Gasteiger partial charge is 0.493 e. The summed E-state index contributed by atoms with van der Waals surface area (Å²) in [5.41, 5.74) is 3.50. The van der Waals surface area contributed by atoms with Crippen molar-refractivity contribution in [2.45, 2.75) is 19.0 Å². The maximum Gasteiger partial charge on any atom is 0.252 e. The summed E-state index contributed by atoms with van der Waals surface area (Å²) in [6, 6.07) is 17.4. The molecule has 0 unspecified atom stereocenters. The average Bonchev–Trinajstić information content (AvgIpc) is 2.82. The summed E-state index contributed by atoms with van der Waals surface area (Å²) in [7, 11) is 3.22. The van der Waals surface area contributed by atoms with Crippen molar-refractivity contribution in [3.63, 3.8) is 0 Å². The highest BCUT2D eigenvalue weighted by Crippen LogP contribution is 2.38. The first-order valence-corrected chi connectivity index (χ1v) is 11.1. The summed E-state index contributed by atoms with van der Waals surface area (Å²) in [5.74, 6) is 0.804.